The maximum absolute atomic E-state index is 12.9. The van der Waals surface area contributed by atoms with Gasteiger partial charge < -0.3 is 19.7 Å². The van der Waals surface area contributed by atoms with E-state index in [1.807, 2.05) is 17.9 Å². The average molecular weight is 383 g/mol. The summed E-state index contributed by atoms with van der Waals surface area (Å²) in [4.78, 5) is 14.9. The SMILES string of the molecule is CCOc1c(Br)cc(C(=O)N2CCC3CCC(C2)N3)cc1OC. The highest BCUT2D eigenvalue weighted by molar-refractivity contribution is 9.10. The van der Waals surface area contributed by atoms with Crippen LogP contribution in [0, 0.1) is 0 Å². The standard InChI is InChI=1S/C17H23BrN2O3/c1-3-23-16-14(18)8-11(9-15(16)22-2)17(21)20-7-6-12-4-5-13(10-20)19-12/h8-9,12-13,19H,3-7,10H2,1-2H3. The van der Waals surface area contributed by atoms with Gasteiger partial charge in [0.1, 0.15) is 0 Å². The third-order valence-electron chi connectivity index (χ3n) is 4.58. The highest BCUT2D eigenvalue weighted by atomic mass is 79.9. The summed E-state index contributed by atoms with van der Waals surface area (Å²) >= 11 is 3.49. The van der Waals surface area contributed by atoms with Crippen LogP contribution in [-0.2, 0) is 0 Å². The van der Waals surface area contributed by atoms with Crippen LogP contribution < -0.4 is 14.8 Å². The van der Waals surface area contributed by atoms with Crippen molar-refractivity contribution in [2.45, 2.75) is 38.3 Å². The predicted molar refractivity (Wildman–Crippen MR) is 92.3 cm³/mol. The average Bonchev–Trinajstić information content (AvgIpc) is 2.87. The second-order valence-electron chi connectivity index (χ2n) is 6.10. The second-order valence-corrected chi connectivity index (χ2v) is 6.95. The first-order valence-corrected chi connectivity index (χ1v) is 8.97. The van der Waals surface area contributed by atoms with Gasteiger partial charge in [0.15, 0.2) is 11.5 Å². The van der Waals surface area contributed by atoms with E-state index in [0.29, 0.717) is 35.8 Å². The zero-order valence-corrected chi connectivity index (χ0v) is 15.2. The number of fused-ring (bicyclic) bond motifs is 2. The maximum atomic E-state index is 12.9. The van der Waals surface area contributed by atoms with Gasteiger partial charge in [0.05, 0.1) is 18.2 Å². The zero-order valence-electron chi connectivity index (χ0n) is 13.6. The van der Waals surface area contributed by atoms with Gasteiger partial charge in [0, 0.05) is 30.7 Å². The Kier molecular flexibility index (Phi) is 5.11. The molecule has 2 saturated heterocycles. The molecule has 1 amide bonds. The van der Waals surface area contributed by atoms with E-state index in [1.165, 1.54) is 6.42 Å². The van der Waals surface area contributed by atoms with Gasteiger partial charge in [-0.3, -0.25) is 4.79 Å². The minimum atomic E-state index is 0.0569. The molecule has 126 valence electrons. The second kappa shape index (κ2) is 7.09. The molecule has 0 saturated carbocycles. The normalized spacial score (nSPS) is 23.5. The number of carbonyl (C=O) groups excluding carboxylic acids is 1. The van der Waals surface area contributed by atoms with E-state index in [-0.39, 0.29) is 5.91 Å². The fourth-order valence-corrected chi connectivity index (χ4v) is 3.99. The van der Waals surface area contributed by atoms with Crippen molar-refractivity contribution in [3.8, 4) is 11.5 Å². The number of nitrogens with one attached hydrogen (secondary N) is 1. The molecule has 6 heteroatoms. The lowest BCUT2D eigenvalue weighted by molar-refractivity contribution is 0.0747. The maximum Gasteiger partial charge on any atom is 0.254 e. The van der Waals surface area contributed by atoms with Gasteiger partial charge in [-0.2, -0.15) is 0 Å². The number of likely N-dealkylation sites (tertiary alicyclic amines) is 1. The Morgan fingerprint density at radius 2 is 2.13 bits per heavy atom. The number of nitrogens with zero attached hydrogens (tertiary/aromatic N) is 1. The number of methoxy groups -OCH3 is 1. The van der Waals surface area contributed by atoms with Crippen molar-refractivity contribution < 1.29 is 14.3 Å². The van der Waals surface area contributed by atoms with Crippen LogP contribution in [-0.4, -0.2) is 49.7 Å². The highest BCUT2D eigenvalue weighted by Gasteiger charge is 2.31. The van der Waals surface area contributed by atoms with E-state index in [9.17, 15) is 4.79 Å². The van der Waals surface area contributed by atoms with Crippen LogP contribution in [0.15, 0.2) is 16.6 Å². The van der Waals surface area contributed by atoms with Gasteiger partial charge in [-0.05, 0) is 54.2 Å². The van der Waals surface area contributed by atoms with Crippen molar-refractivity contribution >= 4 is 21.8 Å². The molecule has 2 atom stereocenters. The summed E-state index contributed by atoms with van der Waals surface area (Å²) < 4.78 is 11.7. The van der Waals surface area contributed by atoms with E-state index in [2.05, 4.69) is 21.2 Å². The predicted octanol–water partition coefficient (Wildman–Crippen LogP) is 2.82. The van der Waals surface area contributed by atoms with E-state index >= 15 is 0 Å². The van der Waals surface area contributed by atoms with Gasteiger partial charge in [-0.25, -0.2) is 0 Å². The molecule has 0 radical (unpaired) electrons. The lowest BCUT2D eigenvalue weighted by atomic mass is 10.1. The van der Waals surface area contributed by atoms with Crippen LogP contribution in [0.25, 0.3) is 0 Å². The summed E-state index contributed by atoms with van der Waals surface area (Å²) in [6.07, 6.45) is 3.41. The Balaban J connectivity index is 1.83. The highest BCUT2D eigenvalue weighted by Crippen LogP contribution is 2.37. The van der Waals surface area contributed by atoms with E-state index in [4.69, 9.17) is 9.47 Å². The summed E-state index contributed by atoms with van der Waals surface area (Å²) in [5.74, 6) is 1.28. The molecule has 23 heavy (non-hydrogen) atoms. The molecule has 1 aromatic rings. The number of rotatable bonds is 4. The monoisotopic (exact) mass is 382 g/mol. The third-order valence-corrected chi connectivity index (χ3v) is 5.16. The van der Waals surface area contributed by atoms with E-state index in [1.54, 1.807) is 13.2 Å². The molecule has 1 N–H and O–H groups in total. The Hall–Kier alpha value is -1.27. The van der Waals surface area contributed by atoms with Gasteiger partial charge in [0.2, 0.25) is 0 Å². The molecule has 2 aliphatic heterocycles. The zero-order chi connectivity index (χ0) is 16.4. The quantitative estimate of drug-likeness (QED) is 0.869. The fraction of sp³-hybridized carbons (Fsp3) is 0.588. The number of amides is 1. The van der Waals surface area contributed by atoms with Crippen molar-refractivity contribution in [3.05, 3.63) is 22.2 Å². The molecular weight excluding hydrogens is 360 g/mol. The minimum absolute atomic E-state index is 0.0569. The molecule has 2 fully saturated rings. The molecule has 0 aliphatic carbocycles. The molecule has 2 unspecified atom stereocenters. The van der Waals surface area contributed by atoms with E-state index < -0.39 is 0 Å². The summed E-state index contributed by atoms with van der Waals surface area (Å²) in [7, 11) is 1.59. The van der Waals surface area contributed by atoms with Crippen LogP contribution in [0.4, 0.5) is 0 Å². The molecule has 2 aliphatic rings. The first-order chi connectivity index (χ1) is 11.1. The van der Waals surface area contributed by atoms with Gasteiger partial charge >= 0.3 is 0 Å². The number of hydrogen-bond acceptors (Lipinski definition) is 4. The smallest absolute Gasteiger partial charge is 0.254 e. The van der Waals surface area contributed by atoms with Crippen molar-refractivity contribution in [3.63, 3.8) is 0 Å². The molecule has 2 heterocycles. The van der Waals surface area contributed by atoms with Gasteiger partial charge in [-0.15, -0.1) is 0 Å². The molecule has 1 aromatic carbocycles. The van der Waals surface area contributed by atoms with Gasteiger partial charge in [0.25, 0.3) is 5.91 Å². The lowest BCUT2D eigenvalue weighted by Gasteiger charge is -2.25. The topological polar surface area (TPSA) is 50.8 Å². The van der Waals surface area contributed by atoms with Crippen molar-refractivity contribution in [1.82, 2.24) is 10.2 Å². The lowest BCUT2D eigenvalue weighted by Crippen LogP contribution is -2.39. The summed E-state index contributed by atoms with van der Waals surface area (Å²) in [6.45, 7) is 4.05. The molecule has 0 spiro atoms. The Labute approximate surface area is 145 Å². The third kappa shape index (κ3) is 3.48. The van der Waals surface area contributed by atoms with Crippen molar-refractivity contribution in [1.29, 1.82) is 0 Å². The van der Waals surface area contributed by atoms with Crippen molar-refractivity contribution in [2.24, 2.45) is 0 Å². The van der Waals surface area contributed by atoms with E-state index in [0.717, 1.165) is 30.4 Å². The van der Waals surface area contributed by atoms with Crippen LogP contribution >= 0.6 is 15.9 Å². The molecule has 2 bridgehead atoms. The first kappa shape index (κ1) is 16.6. The van der Waals surface area contributed by atoms with Crippen molar-refractivity contribution in [2.75, 3.05) is 26.8 Å². The summed E-state index contributed by atoms with van der Waals surface area (Å²) in [5.41, 5.74) is 0.634. The molecule has 5 nitrogen and oxygen atoms in total. The number of ether oxygens (including phenoxy) is 2. The van der Waals surface area contributed by atoms with Crippen LogP contribution in [0.2, 0.25) is 0 Å². The first-order valence-electron chi connectivity index (χ1n) is 8.18. The Morgan fingerprint density at radius 1 is 1.35 bits per heavy atom. The Morgan fingerprint density at radius 3 is 2.87 bits per heavy atom. The summed E-state index contributed by atoms with van der Waals surface area (Å²) in [5, 5.41) is 3.60. The van der Waals surface area contributed by atoms with Crippen LogP contribution in [0.1, 0.15) is 36.5 Å². The number of benzene rings is 1. The molecule has 0 aromatic heterocycles. The largest absolute Gasteiger partial charge is 0.493 e. The fourth-order valence-electron chi connectivity index (χ4n) is 3.44. The Bertz CT molecular complexity index is 593. The number of halogens is 1. The van der Waals surface area contributed by atoms with Crippen LogP contribution in [0.5, 0.6) is 11.5 Å². The minimum Gasteiger partial charge on any atom is -0.493 e. The summed E-state index contributed by atoms with van der Waals surface area (Å²) in [6, 6.07) is 4.60. The number of hydrogen-bond donors (Lipinski definition) is 1. The van der Waals surface area contributed by atoms with Crippen LogP contribution in [0.3, 0.4) is 0 Å². The molecular formula is C17H23BrN2O3. The molecule has 3 rings (SSSR count). The number of carbonyl (C=O) groups is 1. The van der Waals surface area contributed by atoms with Gasteiger partial charge in [-0.1, -0.05) is 0 Å².